The van der Waals surface area contributed by atoms with Crippen LogP contribution >= 0.6 is 0 Å². The Labute approximate surface area is 272 Å². The summed E-state index contributed by atoms with van der Waals surface area (Å²) in [6.07, 6.45) is 2.75. The third-order valence-corrected chi connectivity index (χ3v) is 8.99. The summed E-state index contributed by atoms with van der Waals surface area (Å²) in [7, 11) is 3.06. The first-order valence-corrected chi connectivity index (χ1v) is 15.2. The van der Waals surface area contributed by atoms with E-state index < -0.39 is 42.3 Å². The molecule has 0 aliphatic carbocycles. The minimum Gasteiger partial charge on any atom is -0.493 e. The molecule has 1 unspecified atom stereocenters. The Bertz CT molecular complexity index is 1650. The molecule has 2 fully saturated rings. The summed E-state index contributed by atoms with van der Waals surface area (Å²) >= 11 is 0. The zero-order valence-corrected chi connectivity index (χ0v) is 26.8. The molecule has 13 nitrogen and oxygen atoms in total. The van der Waals surface area contributed by atoms with Gasteiger partial charge in [-0.15, -0.1) is 0 Å². The highest BCUT2D eigenvalue weighted by Gasteiger charge is 2.60. The predicted octanol–water partition coefficient (Wildman–Crippen LogP) is 4.05. The van der Waals surface area contributed by atoms with Gasteiger partial charge in [-0.05, 0) is 37.5 Å². The monoisotopic (exact) mass is 647 g/mol. The Morgan fingerprint density at radius 3 is 2.53 bits per heavy atom. The number of rotatable bonds is 10. The van der Waals surface area contributed by atoms with Crippen LogP contribution in [0.3, 0.4) is 0 Å². The van der Waals surface area contributed by atoms with Crippen LogP contribution in [0.25, 0.3) is 0 Å². The van der Waals surface area contributed by atoms with Crippen LogP contribution in [-0.2, 0) is 25.4 Å². The number of methoxy groups -OCH3 is 2. The van der Waals surface area contributed by atoms with Crippen molar-refractivity contribution in [1.82, 2.24) is 9.80 Å². The van der Waals surface area contributed by atoms with E-state index in [9.17, 15) is 14.9 Å². The zero-order chi connectivity index (χ0) is 33.4. The highest BCUT2D eigenvalue weighted by molar-refractivity contribution is 5.82. The number of carbonyl (C=O) groups is 2. The number of cyclic esters (lactones) is 1. The summed E-state index contributed by atoms with van der Waals surface area (Å²) in [6.45, 7) is 11.1. The summed E-state index contributed by atoms with van der Waals surface area (Å²) < 4.78 is 46.3. The van der Waals surface area contributed by atoms with Crippen molar-refractivity contribution in [2.75, 3.05) is 47.6 Å². The quantitative estimate of drug-likeness (QED) is 0.209. The maximum Gasteiger partial charge on any atom is 0.411 e. The molecule has 0 spiro atoms. The standard InChI is InChI=1S/C34H37N3O10/c1-7-9-42-32-26-20(11-18(3)29(32)41-6)12-22-23(14-35)36-24(28(26)37(22)34(39)43-10-8-2)15-44-33(38)27(36)21-13-25(45-16-40-5)19(4)30-31(21)47-17-46-30/h7-8,11,13,22-24,27-28H,1-2,9-10,12,15-17H2,3-6H3/t22-,23-,24+,27+,28?/m1/s1. The van der Waals surface area contributed by atoms with E-state index in [1.807, 2.05) is 24.8 Å². The van der Waals surface area contributed by atoms with Gasteiger partial charge in [-0.1, -0.05) is 31.4 Å². The molecule has 248 valence electrons. The van der Waals surface area contributed by atoms with E-state index in [1.165, 1.54) is 13.2 Å². The zero-order valence-electron chi connectivity index (χ0n) is 26.8. The lowest BCUT2D eigenvalue weighted by atomic mass is 9.75. The number of benzene rings is 2. The van der Waals surface area contributed by atoms with Gasteiger partial charge in [0.15, 0.2) is 29.8 Å². The van der Waals surface area contributed by atoms with E-state index in [2.05, 4.69) is 19.2 Å². The fourth-order valence-electron chi connectivity index (χ4n) is 7.23. The van der Waals surface area contributed by atoms with Crippen molar-refractivity contribution in [3.05, 3.63) is 65.3 Å². The van der Waals surface area contributed by atoms with Crippen LogP contribution in [-0.4, -0.2) is 87.6 Å². The van der Waals surface area contributed by atoms with Crippen molar-refractivity contribution in [2.45, 2.75) is 50.5 Å². The summed E-state index contributed by atoms with van der Waals surface area (Å²) in [4.78, 5) is 31.2. The normalized spacial score (nSPS) is 23.9. The molecule has 2 aromatic rings. The van der Waals surface area contributed by atoms with Gasteiger partial charge in [0.2, 0.25) is 6.79 Å². The van der Waals surface area contributed by atoms with Gasteiger partial charge in [-0.25, -0.2) is 9.59 Å². The van der Waals surface area contributed by atoms with Gasteiger partial charge in [0.05, 0.1) is 31.3 Å². The van der Waals surface area contributed by atoms with Crippen LogP contribution in [0.4, 0.5) is 4.79 Å². The first-order valence-electron chi connectivity index (χ1n) is 15.2. The maximum absolute atomic E-state index is 13.9. The molecule has 6 rings (SSSR count). The van der Waals surface area contributed by atoms with Crippen molar-refractivity contribution in [3.8, 4) is 34.8 Å². The molecule has 4 aliphatic rings. The Kier molecular flexibility index (Phi) is 8.90. The molecule has 0 N–H and O–H groups in total. The topological polar surface area (TPSA) is 138 Å². The number of hydrogen-bond donors (Lipinski definition) is 0. The van der Waals surface area contributed by atoms with Crippen LogP contribution in [0.5, 0.6) is 28.7 Å². The first-order chi connectivity index (χ1) is 22.8. The molecule has 2 aromatic carbocycles. The summed E-state index contributed by atoms with van der Waals surface area (Å²) in [6, 6.07) is 1.86. The van der Waals surface area contributed by atoms with Gasteiger partial charge >= 0.3 is 12.1 Å². The number of esters is 1. The highest BCUT2D eigenvalue weighted by atomic mass is 16.7. The number of carbonyl (C=O) groups excluding carboxylic acids is 2. The number of nitrogens with zero attached hydrogens (tertiary/aromatic N) is 3. The lowest BCUT2D eigenvalue weighted by Crippen LogP contribution is -2.71. The van der Waals surface area contributed by atoms with Gasteiger partial charge in [0.25, 0.3) is 0 Å². The molecule has 2 bridgehead atoms. The minimum atomic E-state index is -1.11. The second kappa shape index (κ2) is 13.1. The number of nitriles is 1. The van der Waals surface area contributed by atoms with E-state index in [0.717, 1.165) is 11.1 Å². The lowest BCUT2D eigenvalue weighted by Gasteiger charge is -2.58. The average Bonchev–Trinajstić information content (AvgIpc) is 3.56. The Morgan fingerprint density at radius 1 is 1.06 bits per heavy atom. The smallest absolute Gasteiger partial charge is 0.411 e. The van der Waals surface area contributed by atoms with Crippen molar-refractivity contribution in [2.24, 2.45) is 0 Å². The number of amides is 1. The highest BCUT2D eigenvalue weighted by Crippen LogP contribution is 2.55. The number of fused-ring (bicyclic) bond motifs is 7. The van der Waals surface area contributed by atoms with Gasteiger partial charge in [-0.3, -0.25) is 9.80 Å². The Morgan fingerprint density at radius 2 is 1.83 bits per heavy atom. The summed E-state index contributed by atoms with van der Waals surface area (Å²) in [5.41, 5.74) is 3.49. The summed E-state index contributed by atoms with van der Waals surface area (Å²) in [5, 5.41) is 10.8. The van der Waals surface area contributed by atoms with Crippen LogP contribution in [0.15, 0.2) is 37.4 Å². The van der Waals surface area contributed by atoms with Crippen molar-refractivity contribution < 1.29 is 47.5 Å². The molecule has 5 atom stereocenters. The van der Waals surface area contributed by atoms with Crippen molar-refractivity contribution in [1.29, 1.82) is 5.26 Å². The molecule has 1 amide bonds. The first kappa shape index (κ1) is 32.0. The van der Waals surface area contributed by atoms with E-state index in [0.29, 0.717) is 45.4 Å². The molecule has 47 heavy (non-hydrogen) atoms. The molecule has 4 heterocycles. The van der Waals surface area contributed by atoms with Gasteiger partial charge in [0.1, 0.15) is 37.7 Å². The molecule has 0 aromatic heterocycles. The van der Waals surface area contributed by atoms with E-state index in [1.54, 1.807) is 24.2 Å². The SMILES string of the molecule is C=CCOC(=O)N1C2c3c(cc(C)c(OC)c3OCC=C)C[C@@H]1[C@@H](C#N)N1[C@@H](c3cc(OCOC)c(C)c4c3OCO4)C(=O)OC[C@@H]21. The maximum atomic E-state index is 13.9. The molecule has 13 heteroatoms. The second-order valence-corrected chi connectivity index (χ2v) is 11.5. The van der Waals surface area contributed by atoms with Crippen LogP contribution in [0.1, 0.15) is 39.9 Å². The van der Waals surface area contributed by atoms with Crippen molar-refractivity contribution >= 4 is 12.1 Å². The molecule has 0 saturated carbocycles. The molecule has 2 saturated heterocycles. The van der Waals surface area contributed by atoms with Gasteiger partial charge in [0, 0.05) is 23.8 Å². The van der Waals surface area contributed by atoms with Crippen LogP contribution in [0, 0.1) is 25.2 Å². The largest absolute Gasteiger partial charge is 0.493 e. The van der Waals surface area contributed by atoms with Gasteiger partial charge in [-0.2, -0.15) is 5.26 Å². The molecular weight excluding hydrogens is 610 g/mol. The third kappa shape index (κ3) is 5.17. The lowest BCUT2D eigenvalue weighted by molar-refractivity contribution is -0.179. The average molecular weight is 648 g/mol. The second-order valence-electron chi connectivity index (χ2n) is 11.5. The fraction of sp³-hybridized carbons (Fsp3) is 0.441. The summed E-state index contributed by atoms with van der Waals surface area (Å²) in [5.74, 6) is 1.58. The Balaban J connectivity index is 1.57. The van der Waals surface area contributed by atoms with Gasteiger partial charge < -0.3 is 37.9 Å². The van der Waals surface area contributed by atoms with E-state index in [-0.39, 0.29) is 39.8 Å². The number of morpholine rings is 1. The van der Waals surface area contributed by atoms with Crippen LogP contribution < -0.4 is 23.7 Å². The van der Waals surface area contributed by atoms with Crippen LogP contribution in [0.2, 0.25) is 0 Å². The third-order valence-electron chi connectivity index (χ3n) is 8.99. The number of hydrogen-bond acceptors (Lipinski definition) is 12. The van der Waals surface area contributed by atoms with E-state index >= 15 is 0 Å². The molecule has 0 radical (unpaired) electrons. The molecule has 4 aliphatic heterocycles. The van der Waals surface area contributed by atoms with E-state index in [4.69, 9.17) is 37.9 Å². The fourth-order valence-corrected chi connectivity index (χ4v) is 7.23. The number of piperazine rings is 1. The predicted molar refractivity (Wildman–Crippen MR) is 166 cm³/mol. The minimum absolute atomic E-state index is 0.0288. The van der Waals surface area contributed by atoms with Crippen molar-refractivity contribution in [3.63, 3.8) is 0 Å². The molecular formula is C34H37N3O10. The Hall–Kier alpha value is -4.93. The number of aryl methyl sites for hydroxylation is 1. The number of ether oxygens (including phenoxy) is 8.